The molecule has 2 rings (SSSR count). The van der Waals surface area contributed by atoms with Crippen LogP contribution in [-0.4, -0.2) is 21.6 Å². The minimum absolute atomic E-state index is 0.0418. The highest BCUT2D eigenvalue weighted by Crippen LogP contribution is 2.28. The Morgan fingerprint density at radius 3 is 2.68 bits per heavy atom. The average Bonchev–Trinajstić information content (AvgIpc) is 2.35. The van der Waals surface area contributed by atoms with Gasteiger partial charge in [0.25, 0.3) is 0 Å². The third-order valence-corrected chi connectivity index (χ3v) is 3.05. The molecule has 0 amide bonds. The van der Waals surface area contributed by atoms with E-state index in [0.29, 0.717) is 11.4 Å². The standard InChI is InChI=1S/C14H21N3O2/c1-14(2,3)19-13-10(12(15)17-18)8-9-6-4-5-7-11(9)16-13/h8,18H,4-7H2,1-3H3,(H2,15,17). The molecule has 0 radical (unpaired) electrons. The Morgan fingerprint density at radius 2 is 2.05 bits per heavy atom. The number of aryl methyl sites for hydroxylation is 2. The molecule has 19 heavy (non-hydrogen) atoms. The highest BCUT2D eigenvalue weighted by Gasteiger charge is 2.22. The van der Waals surface area contributed by atoms with Crippen molar-refractivity contribution in [2.75, 3.05) is 0 Å². The first-order valence-corrected chi connectivity index (χ1v) is 6.60. The molecule has 0 unspecified atom stereocenters. The Kier molecular flexibility index (Phi) is 3.64. The average molecular weight is 263 g/mol. The lowest BCUT2D eigenvalue weighted by molar-refractivity contribution is 0.123. The first kappa shape index (κ1) is 13.6. The second-order valence-corrected chi connectivity index (χ2v) is 5.85. The van der Waals surface area contributed by atoms with E-state index < -0.39 is 0 Å². The van der Waals surface area contributed by atoms with Crippen molar-refractivity contribution in [3.8, 4) is 5.88 Å². The monoisotopic (exact) mass is 263 g/mol. The van der Waals surface area contributed by atoms with E-state index in [9.17, 15) is 0 Å². The van der Waals surface area contributed by atoms with Crippen LogP contribution in [0.4, 0.5) is 0 Å². The van der Waals surface area contributed by atoms with Crippen molar-refractivity contribution in [1.29, 1.82) is 0 Å². The molecule has 5 nitrogen and oxygen atoms in total. The molecule has 1 aliphatic carbocycles. The molecule has 0 aromatic carbocycles. The second kappa shape index (κ2) is 5.07. The van der Waals surface area contributed by atoms with E-state index in [1.54, 1.807) is 0 Å². The van der Waals surface area contributed by atoms with Gasteiger partial charge in [0, 0.05) is 5.69 Å². The fourth-order valence-corrected chi connectivity index (χ4v) is 2.22. The summed E-state index contributed by atoms with van der Waals surface area (Å²) in [7, 11) is 0. The van der Waals surface area contributed by atoms with Gasteiger partial charge in [-0.1, -0.05) is 5.16 Å². The maximum atomic E-state index is 8.89. The quantitative estimate of drug-likeness (QED) is 0.371. The Morgan fingerprint density at radius 1 is 1.37 bits per heavy atom. The molecule has 0 fully saturated rings. The van der Waals surface area contributed by atoms with Crippen molar-refractivity contribution in [3.63, 3.8) is 0 Å². The molecule has 1 heterocycles. The molecule has 0 saturated carbocycles. The Labute approximate surface area is 113 Å². The summed E-state index contributed by atoms with van der Waals surface area (Å²) in [6.07, 6.45) is 4.26. The van der Waals surface area contributed by atoms with E-state index in [1.807, 2.05) is 26.8 Å². The van der Waals surface area contributed by atoms with Crippen LogP contribution in [0.5, 0.6) is 5.88 Å². The number of hydrogen-bond donors (Lipinski definition) is 2. The lowest BCUT2D eigenvalue weighted by Gasteiger charge is -2.24. The molecule has 5 heteroatoms. The van der Waals surface area contributed by atoms with Crippen molar-refractivity contribution < 1.29 is 9.94 Å². The summed E-state index contributed by atoms with van der Waals surface area (Å²) >= 11 is 0. The number of ether oxygens (including phenoxy) is 1. The lowest BCUT2D eigenvalue weighted by Crippen LogP contribution is -2.27. The molecule has 0 aliphatic heterocycles. The topological polar surface area (TPSA) is 80.7 Å². The smallest absolute Gasteiger partial charge is 0.225 e. The van der Waals surface area contributed by atoms with E-state index in [1.165, 1.54) is 5.56 Å². The van der Waals surface area contributed by atoms with Gasteiger partial charge in [-0.15, -0.1) is 0 Å². The summed E-state index contributed by atoms with van der Waals surface area (Å²) in [6.45, 7) is 5.85. The second-order valence-electron chi connectivity index (χ2n) is 5.85. The Bertz CT molecular complexity index is 504. The zero-order chi connectivity index (χ0) is 14.0. The van der Waals surface area contributed by atoms with Crippen molar-refractivity contribution in [2.24, 2.45) is 10.9 Å². The molecule has 1 aromatic heterocycles. The van der Waals surface area contributed by atoms with Gasteiger partial charge in [0.15, 0.2) is 5.84 Å². The molecule has 1 aromatic rings. The van der Waals surface area contributed by atoms with Crippen LogP contribution in [0.1, 0.15) is 50.4 Å². The van der Waals surface area contributed by atoms with Gasteiger partial charge in [-0.2, -0.15) is 0 Å². The summed E-state index contributed by atoms with van der Waals surface area (Å²) in [5, 5.41) is 12.0. The van der Waals surface area contributed by atoms with Gasteiger partial charge in [0.2, 0.25) is 5.88 Å². The van der Waals surface area contributed by atoms with Gasteiger partial charge in [-0.3, -0.25) is 0 Å². The SMILES string of the molecule is CC(C)(C)Oc1nc2c(cc1C(N)=NO)CCCC2. The number of pyridine rings is 1. The van der Waals surface area contributed by atoms with E-state index in [0.717, 1.165) is 31.4 Å². The normalized spacial score (nSPS) is 16.1. The first-order valence-electron chi connectivity index (χ1n) is 6.60. The summed E-state index contributed by atoms with van der Waals surface area (Å²) in [6, 6.07) is 1.94. The summed E-state index contributed by atoms with van der Waals surface area (Å²) in [4.78, 5) is 4.57. The predicted octanol–water partition coefficient (Wildman–Crippen LogP) is 2.23. The molecule has 0 atom stereocenters. The first-order chi connectivity index (χ1) is 8.90. The molecule has 0 saturated heterocycles. The number of aromatic nitrogens is 1. The molecule has 0 bridgehead atoms. The van der Waals surface area contributed by atoms with Crippen LogP contribution in [0.15, 0.2) is 11.2 Å². The van der Waals surface area contributed by atoms with Gasteiger partial charge < -0.3 is 15.7 Å². The van der Waals surface area contributed by atoms with Crippen molar-refractivity contribution in [3.05, 3.63) is 22.9 Å². The van der Waals surface area contributed by atoms with Crippen LogP contribution >= 0.6 is 0 Å². The zero-order valence-electron chi connectivity index (χ0n) is 11.7. The number of amidine groups is 1. The number of hydrogen-bond acceptors (Lipinski definition) is 4. The summed E-state index contributed by atoms with van der Waals surface area (Å²) in [5.41, 5.74) is 8.16. The maximum Gasteiger partial charge on any atom is 0.225 e. The molecule has 1 aliphatic rings. The van der Waals surface area contributed by atoms with Crippen LogP contribution in [0, 0.1) is 0 Å². The minimum Gasteiger partial charge on any atom is -0.471 e. The Balaban J connectivity index is 2.49. The van der Waals surface area contributed by atoms with Crippen LogP contribution in [0.3, 0.4) is 0 Å². The van der Waals surface area contributed by atoms with Crippen LogP contribution in [0.2, 0.25) is 0 Å². The minimum atomic E-state index is -0.375. The number of oxime groups is 1. The highest BCUT2D eigenvalue weighted by molar-refractivity contribution is 5.99. The van der Waals surface area contributed by atoms with Crippen molar-refractivity contribution >= 4 is 5.84 Å². The van der Waals surface area contributed by atoms with Gasteiger partial charge in [-0.05, 0) is 58.1 Å². The van der Waals surface area contributed by atoms with Crippen molar-refractivity contribution in [1.82, 2.24) is 4.98 Å². The zero-order valence-corrected chi connectivity index (χ0v) is 11.7. The maximum absolute atomic E-state index is 8.89. The van der Waals surface area contributed by atoms with Gasteiger partial charge in [0.1, 0.15) is 5.60 Å². The van der Waals surface area contributed by atoms with Gasteiger partial charge in [0.05, 0.1) is 5.56 Å². The molecular weight excluding hydrogens is 242 g/mol. The third kappa shape index (κ3) is 3.16. The predicted molar refractivity (Wildman–Crippen MR) is 73.8 cm³/mol. The van der Waals surface area contributed by atoms with E-state index in [4.69, 9.17) is 15.7 Å². The highest BCUT2D eigenvalue weighted by atomic mass is 16.5. The van der Waals surface area contributed by atoms with E-state index >= 15 is 0 Å². The van der Waals surface area contributed by atoms with Gasteiger partial charge in [-0.25, -0.2) is 4.98 Å². The van der Waals surface area contributed by atoms with E-state index in [-0.39, 0.29) is 11.4 Å². The molecule has 104 valence electrons. The number of nitrogens with two attached hydrogens (primary N) is 1. The van der Waals surface area contributed by atoms with Crippen LogP contribution in [-0.2, 0) is 12.8 Å². The van der Waals surface area contributed by atoms with Crippen LogP contribution < -0.4 is 10.5 Å². The van der Waals surface area contributed by atoms with E-state index in [2.05, 4.69) is 10.1 Å². The molecule has 3 N–H and O–H groups in total. The summed E-state index contributed by atoms with van der Waals surface area (Å²) < 4.78 is 5.84. The van der Waals surface area contributed by atoms with Crippen molar-refractivity contribution in [2.45, 2.75) is 52.1 Å². The lowest BCUT2D eigenvalue weighted by atomic mass is 9.94. The van der Waals surface area contributed by atoms with Gasteiger partial charge >= 0.3 is 0 Å². The third-order valence-electron chi connectivity index (χ3n) is 3.05. The number of fused-ring (bicyclic) bond motifs is 1. The van der Waals surface area contributed by atoms with Crippen LogP contribution in [0.25, 0.3) is 0 Å². The number of nitrogens with zero attached hydrogens (tertiary/aromatic N) is 2. The Hall–Kier alpha value is -1.78. The molecule has 0 spiro atoms. The largest absolute Gasteiger partial charge is 0.471 e. The molecular formula is C14H21N3O2. The summed E-state index contributed by atoms with van der Waals surface area (Å²) in [5.74, 6) is 0.489. The fraction of sp³-hybridized carbons (Fsp3) is 0.571. The fourth-order valence-electron chi connectivity index (χ4n) is 2.22. The number of rotatable bonds is 2.